The van der Waals surface area contributed by atoms with E-state index in [0.29, 0.717) is 13.2 Å². The minimum absolute atomic E-state index is 0.0668. The number of thioether (sulfide) groups is 1. The molecule has 27 heavy (non-hydrogen) atoms. The van der Waals surface area contributed by atoms with Crippen molar-refractivity contribution >= 4 is 17.8 Å². The molecule has 2 aromatic carbocycles. The predicted octanol–water partition coefficient (Wildman–Crippen LogP) is 4.66. The average molecular weight is 383 g/mol. The first kappa shape index (κ1) is 18.4. The number of rotatable bonds is 6. The molecule has 2 aliphatic heterocycles. The minimum Gasteiger partial charge on any atom is -0.356 e. The fourth-order valence-corrected chi connectivity index (χ4v) is 5.40. The van der Waals surface area contributed by atoms with Gasteiger partial charge in [-0.3, -0.25) is 4.90 Å². The lowest BCUT2D eigenvalue weighted by atomic mass is 10.1. The second-order valence-electron chi connectivity index (χ2n) is 7.00. The fraction of sp³-hybridized carbons (Fsp3) is 0.409. The van der Waals surface area contributed by atoms with Crippen LogP contribution in [0.25, 0.3) is 0 Å². The van der Waals surface area contributed by atoms with Gasteiger partial charge in [-0.2, -0.15) is 0 Å². The van der Waals surface area contributed by atoms with Gasteiger partial charge in [-0.25, -0.2) is 4.79 Å². The maximum absolute atomic E-state index is 13.3. The minimum atomic E-state index is -0.185. The molecule has 2 aliphatic rings. The zero-order valence-electron chi connectivity index (χ0n) is 15.9. The van der Waals surface area contributed by atoms with E-state index in [4.69, 9.17) is 4.74 Å². The number of ether oxygens (including phenoxy) is 1. The summed E-state index contributed by atoms with van der Waals surface area (Å²) in [5.74, 6) is 0.905. The Morgan fingerprint density at radius 2 is 1.78 bits per heavy atom. The van der Waals surface area contributed by atoms with Gasteiger partial charge in [-0.1, -0.05) is 61.5 Å². The first-order chi connectivity index (χ1) is 13.2. The van der Waals surface area contributed by atoms with E-state index in [-0.39, 0.29) is 23.7 Å². The van der Waals surface area contributed by atoms with E-state index in [9.17, 15) is 4.79 Å². The first-order valence-electron chi connectivity index (χ1n) is 9.67. The zero-order valence-corrected chi connectivity index (χ0v) is 16.7. The molecule has 0 aliphatic carbocycles. The normalized spacial score (nSPS) is 24.5. The SMILES string of the molecule is CCOC1[C@@H]2CSC(c3ccc(CC)cc3)N2C(=O)N1Cc1ccccc1. The van der Waals surface area contributed by atoms with Crippen molar-refractivity contribution in [3.63, 3.8) is 0 Å². The monoisotopic (exact) mass is 382 g/mol. The third-order valence-corrected chi connectivity index (χ3v) is 6.69. The Labute approximate surface area is 165 Å². The quantitative estimate of drug-likeness (QED) is 0.728. The van der Waals surface area contributed by atoms with Crippen LogP contribution in [0, 0.1) is 0 Å². The second kappa shape index (κ2) is 7.95. The molecular formula is C22H26N2O2S. The lowest BCUT2D eigenvalue weighted by Gasteiger charge is -2.25. The standard InChI is InChI=1S/C22H26N2O2S/c1-3-16-10-12-18(13-11-16)21-24-19(15-27-21)20(26-4-2)23(22(24)25)14-17-8-6-5-7-9-17/h5-13,19-21H,3-4,14-15H2,1-2H3/t19-,20?,21?/m0/s1. The van der Waals surface area contributed by atoms with E-state index in [1.807, 2.05) is 46.7 Å². The highest BCUT2D eigenvalue weighted by Crippen LogP contribution is 2.47. The average Bonchev–Trinajstić information content (AvgIpc) is 3.25. The van der Waals surface area contributed by atoms with Crippen LogP contribution < -0.4 is 0 Å². The van der Waals surface area contributed by atoms with Gasteiger partial charge in [0.1, 0.15) is 5.37 Å². The number of amides is 2. The van der Waals surface area contributed by atoms with E-state index in [2.05, 4.69) is 43.3 Å². The Hall–Kier alpha value is -1.98. The van der Waals surface area contributed by atoms with Crippen molar-refractivity contribution in [2.45, 2.75) is 44.5 Å². The van der Waals surface area contributed by atoms with Crippen molar-refractivity contribution in [1.82, 2.24) is 9.80 Å². The molecule has 2 saturated heterocycles. The molecule has 2 unspecified atom stereocenters. The number of aryl methyl sites for hydroxylation is 1. The number of carbonyl (C=O) groups is 1. The van der Waals surface area contributed by atoms with Gasteiger partial charge in [0.15, 0.2) is 6.23 Å². The molecule has 4 nitrogen and oxygen atoms in total. The van der Waals surface area contributed by atoms with Gasteiger partial charge in [0.25, 0.3) is 0 Å². The summed E-state index contributed by atoms with van der Waals surface area (Å²) < 4.78 is 6.04. The number of carbonyl (C=O) groups excluding carboxylic acids is 1. The van der Waals surface area contributed by atoms with Crippen molar-refractivity contribution < 1.29 is 9.53 Å². The predicted molar refractivity (Wildman–Crippen MR) is 109 cm³/mol. The van der Waals surface area contributed by atoms with E-state index in [1.54, 1.807) is 0 Å². The molecule has 2 heterocycles. The first-order valence-corrected chi connectivity index (χ1v) is 10.7. The fourth-order valence-electron chi connectivity index (χ4n) is 3.94. The van der Waals surface area contributed by atoms with Gasteiger partial charge in [0, 0.05) is 12.4 Å². The summed E-state index contributed by atoms with van der Waals surface area (Å²) in [6, 6.07) is 19.0. The van der Waals surface area contributed by atoms with Crippen LogP contribution in [0.1, 0.15) is 35.9 Å². The van der Waals surface area contributed by atoms with Gasteiger partial charge < -0.3 is 9.64 Å². The molecular weight excluding hydrogens is 356 g/mol. The maximum atomic E-state index is 13.3. The third-order valence-electron chi connectivity index (χ3n) is 5.34. The highest BCUT2D eigenvalue weighted by molar-refractivity contribution is 7.99. The Morgan fingerprint density at radius 3 is 2.44 bits per heavy atom. The maximum Gasteiger partial charge on any atom is 0.324 e. The number of hydrogen-bond donors (Lipinski definition) is 0. The van der Waals surface area contributed by atoms with Crippen LogP contribution in [-0.4, -0.2) is 40.5 Å². The molecule has 0 radical (unpaired) electrons. The molecule has 0 N–H and O–H groups in total. The van der Waals surface area contributed by atoms with Gasteiger partial charge in [-0.15, -0.1) is 11.8 Å². The number of hydrogen-bond acceptors (Lipinski definition) is 3. The van der Waals surface area contributed by atoms with Crippen LogP contribution in [0.2, 0.25) is 0 Å². The summed E-state index contributed by atoms with van der Waals surface area (Å²) >= 11 is 1.84. The van der Waals surface area contributed by atoms with Crippen molar-refractivity contribution in [3.8, 4) is 0 Å². The largest absolute Gasteiger partial charge is 0.356 e. The molecule has 0 bridgehead atoms. The summed E-state index contributed by atoms with van der Waals surface area (Å²) in [7, 11) is 0. The van der Waals surface area contributed by atoms with Gasteiger partial charge in [0.05, 0.1) is 12.6 Å². The van der Waals surface area contributed by atoms with Crippen LogP contribution >= 0.6 is 11.8 Å². The lowest BCUT2D eigenvalue weighted by Crippen LogP contribution is -2.39. The summed E-state index contributed by atoms with van der Waals surface area (Å²) in [6.07, 6.45) is 0.843. The smallest absolute Gasteiger partial charge is 0.324 e. The molecule has 3 atom stereocenters. The van der Waals surface area contributed by atoms with Crippen LogP contribution in [0.15, 0.2) is 54.6 Å². The molecule has 2 amide bonds. The summed E-state index contributed by atoms with van der Waals surface area (Å²) in [4.78, 5) is 17.3. The van der Waals surface area contributed by atoms with E-state index < -0.39 is 0 Å². The van der Waals surface area contributed by atoms with Crippen LogP contribution in [0.3, 0.4) is 0 Å². The zero-order chi connectivity index (χ0) is 18.8. The Balaban J connectivity index is 1.60. The van der Waals surface area contributed by atoms with Crippen molar-refractivity contribution in [3.05, 3.63) is 71.3 Å². The molecule has 2 fully saturated rings. The molecule has 0 saturated carbocycles. The Kier molecular flexibility index (Phi) is 5.41. The Bertz CT molecular complexity index is 781. The van der Waals surface area contributed by atoms with E-state index >= 15 is 0 Å². The summed E-state index contributed by atoms with van der Waals surface area (Å²) in [5, 5.41) is 0.0668. The van der Waals surface area contributed by atoms with E-state index in [1.165, 1.54) is 11.1 Å². The van der Waals surface area contributed by atoms with Crippen LogP contribution in [0.4, 0.5) is 4.79 Å². The molecule has 4 rings (SSSR count). The highest BCUT2D eigenvalue weighted by atomic mass is 32.2. The molecule has 2 aromatic rings. The van der Waals surface area contributed by atoms with Gasteiger partial charge in [0.2, 0.25) is 0 Å². The summed E-state index contributed by atoms with van der Waals surface area (Å²) in [6.45, 7) is 5.35. The Morgan fingerprint density at radius 1 is 1.04 bits per heavy atom. The van der Waals surface area contributed by atoms with Crippen LogP contribution in [0.5, 0.6) is 0 Å². The summed E-state index contributed by atoms with van der Waals surface area (Å²) in [5.41, 5.74) is 3.65. The van der Waals surface area contributed by atoms with E-state index in [0.717, 1.165) is 17.7 Å². The second-order valence-corrected chi connectivity index (χ2v) is 8.11. The lowest BCUT2D eigenvalue weighted by molar-refractivity contribution is -0.0313. The molecule has 0 spiro atoms. The number of nitrogens with zero attached hydrogens (tertiary/aromatic N) is 2. The van der Waals surface area contributed by atoms with Crippen LogP contribution in [-0.2, 0) is 17.7 Å². The van der Waals surface area contributed by atoms with Crippen molar-refractivity contribution in [1.29, 1.82) is 0 Å². The van der Waals surface area contributed by atoms with Crippen molar-refractivity contribution in [2.24, 2.45) is 0 Å². The number of urea groups is 1. The van der Waals surface area contributed by atoms with Gasteiger partial charge >= 0.3 is 6.03 Å². The van der Waals surface area contributed by atoms with Gasteiger partial charge in [-0.05, 0) is 30.0 Å². The number of benzene rings is 2. The molecule has 142 valence electrons. The number of fused-ring (bicyclic) bond motifs is 1. The molecule has 5 heteroatoms. The molecule has 0 aromatic heterocycles. The van der Waals surface area contributed by atoms with Crippen molar-refractivity contribution in [2.75, 3.05) is 12.4 Å². The third kappa shape index (κ3) is 3.46. The topological polar surface area (TPSA) is 32.8 Å². The highest BCUT2D eigenvalue weighted by Gasteiger charge is 2.53.